The highest BCUT2D eigenvalue weighted by molar-refractivity contribution is 7.90. The molecule has 0 aliphatic rings. The van der Waals surface area contributed by atoms with E-state index in [0.717, 1.165) is 0 Å². The molecule has 0 fully saturated rings. The fourth-order valence-corrected chi connectivity index (χ4v) is 4.98. The summed E-state index contributed by atoms with van der Waals surface area (Å²) in [6.45, 7) is 1.45. The molecule has 0 spiro atoms. The standard InChI is InChI=1S/C9H13NO10S3/c1-2-3-20-7-5(10)4-6(21(11,12)13)8(22(14,15)16)9(7)23(17,18)19/h4H,2-3,10H2,1H3,(H,11,12,13)(H,14,15,16)(H,17,18,19). The lowest BCUT2D eigenvalue weighted by Gasteiger charge is -2.16. The highest BCUT2D eigenvalue weighted by atomic mass is 32.2. The number of benzene rings is 1. The molecule has 0 aliphatic carbocycles. The van der Waals surface area contributed by atoms with Crippen molar-refractivity contribution in [3.63, 3.8) is 0 Å². The predicted octanol–water partition coefficient (Wildman–Crippen LogP) is -0.202. The first-order valence-electron chi connectivity index (χ1n) is 5.73. The molecule has 1 aromatic rings. The van der Waals surface area contributed by atoms with Crippen LogP contribution in [0.4, 0.5) is 5.69 Å². The van der Waals surface area contributed by atoms with Gasteiger partial charge in [0.1, 0.15) is 9.79 Å². The summed E-state index contributed by atoms with van der Waals surface area (Å²) in [6, 6.07) is 0.387. The van der Waals surface area contributed by atoms with Crippen LogP contribution in [0.5, 0.6) is 5.75 Å². The van der Waals surface area contributed by atoms with Crippen LogP contribution in [0.25, 0.3) is 0 Å². The average Bonchev–Trinajstić information content (AvgIpc) is 2.32. The Kier molecular flexibility index (Phi) is 5.30. The number of nitrogen functional groups attached to an aromatic ring is 1. The molecule has 132 valence electrons. The number of hydrogen-bond donors (Lipinski definition) is 4. The van der Waals surface area contributed by atoms with Crippen molar-refractivity contribution >= 4 is 36.0 Å². The Hall–Kier alpha value is -1.45. The molecular weight excluding hydrogens is 378 g/mol. The van der Waals surface area contributed by atoms with Crippen molar-refractivity contribution in [2.45, 2.75) is 28.0 Å². The average molecular weight is 391 g/mol. The molecule has 5 N–H and O–H groups in total. The van der Waals surface area contributed by atoms with E-state index in [1.54, 1.807) is 6.92 Å². The van der Waals surface area contributed by atoms with Gasteiger partial charge in [-0.15, -0.1) is 0 Å². The van der Waals surface area contributed by atoms with Gasteiger partial charge in [0, 0.05) is 0 Å². The monoisotopic (exact) mass is 391 g/mol. The summed E-state index contributed by atoms with van der Waals surface area (Å²) in [5.41, 5.74) is 4.73. The first-order valence-corrected chi connectivity index (χ1v) is 10.0. The van der Waals surface area contributed by atoms with E-state index in [-0.39, 0.29) is 6.61 Å². The normalized spacial score (nSPS) is 13.0. The smallest absolute Gasteiger partial charge is 0.299 e. The van der Waals surface area contributed by atoms with Crippen molar-refractivity contribution < 1.29 is 43.6 Å². The van der Waals surface area contributed by atoms with E-state index < -0.39 is 56.5 Å². The summed E-state index contributed by atoms with van der Waals surface area (Å²) >= 11 is 0. The van der Waals surface area contributed by atoms with E-state index in [2.05, 4.69) is 0 Å². The zero-order chi connectivity index (χ0) is 18.2. The summed E-state index contributed by atoms with van der Waals surface area (Å²) < 4.78 is 101. The van der Waals surface area contributed by atoms with Crippen LogP contribution in [-0.4, -0.2) is 45.5 Å². The van der Waals surface area contributed by atoms with Crippen molar-refractivity contribution in [1.82, 2.24) is 0 Å². The zero-order valence-electron chi connectivity index (χ0n) is 11.5. The SMILES string of the molecule is CCCOc1c(N)cc(S(=O)(=O)O)c(S(=O)(=O)O)c1S(=O)(=O)O. The molecule has 23 heavy (non-hydrogen) atoms. The molecule has 0 heterocycles. The van der Waals surface area contributed by atoms with Gasteiger partial charge in [-0.25, -0.2) is 0 Å². The molecule has 0 saturated carbocycles. The molecular formula is C9H13NO10S3. The lowest BCUT2D eigenvalue weighted by atomic mass is 10.3. The van der Waals surface area contributed by atoms with Crippen molar-refractivity contribution in [1.29, 1.82) is 0 Å². The highest BCUT2D eigenvalue weighted by Gasteiger charge is 2.37. The third-order valence-corrected chi connectivity index (χ3v) is 5.41. The van der Waals surface area contributed by atoms with Gasteiger partial charge in [-0.1, -0.05) is 6.92 Å². The van der Waals surface area contributed by atoms with Crippen LogP contribution in [0.15, 0.2) is 20.8 Å². The molecule has 0 amide bonds. The Balaban J connectivity index is 4.17. The molecule has 0 bridgehead atoms. The van der Waals surface area contributed by atoms with E-state index in [1.165, 1.54) is 0 Å². The topological polar surface area (TPSA) is 198 Å². The van der Waals surface area contributed by atoms with Crippen LogP contribution in [-0.2, 0) is 30.4 Å². The molecule has 11 nitrogen and oxygen atoms in total. The van der Waals surface area contributed by atoms with Gasteiger partial charge in [0.2, 0.25) is 0 Å². The van der Waals surface area contributed by atoms with E-state index in [4.69, 9.17) is 19.6 Å². The summed E-state index contributed by atoms with van der Waals surface area (Å²) in [7, 11) is -16.2. The van der Waals surface area contributed by atoms with Crippen LogP contribution in [0.2, 0.25) is 0 Å². The van der Waals surface area contributed by atoms with Gasteiger partial charge in [-0.05, 0) is 12.5 Å². The minimum atomic E-state index is -5.51. The van der Waals surface area contributed by atoms with Gasteiger partial charge in [0.15, 0.2) is 10.6 Å². The summed E-state index contributed by atoms with van der Waals surface area (Å²) in [5.74, 6) is -0.866. The van der Waals surface area contributed by atoms with Crippen LogP contribution in [0.3, 0.4) is 0 Å². The number of hydrogen-bond acceptors (Lipinski definition) is 8. The largest absolute Gasteiger partial charge is 0.490 e. The second kappa shape index (κ2) is 6.21. The lowest BCUT2D eigenvalue weighted by Crippen LogP contribution is -2.17. The Morgan fingerprint density at radius 2 is 1.43 bits per heavy atom. The quantitative estimate of drug-likeness (QED) is 0.369. The van der Waals surface area contributed by atoms with Gasteiger partial charge < -0.3 is 10.5 Å². The molecule has 0 radical (unpaired) electrons. The van der Waals surface area contributed by atoms with Crippen molar-refractivity contribution in [3.8, 4) is 5.75 Å². The maximum Gasteiger partial charge on any atom is 0.299 e. The second-order valence-electron chi connectivity index (χ2n) is 4.22. The van der Waals surface area contributed by atoms with Crippen LogP contribution >= 0.6 is 0 Å². The zero-order valence-corrected chi connectivity index (χ0v) is 13.9. The minimum absolute atomic E-state index is 0.164. The second-order valence-corrected chi connectivity index (χ2v) is 8.33. The summed E-state index contributed by atoms with van der Waals surface area (Å²) in [6.07, 6.45) is 0.325. The molecule has 14 heteroatoms. The third kappa shape index (κ3) is 4.30. The fraction of sp³-hybridized carbons (Fsp3) is 0.333. The van der Waals surface area contributed by atoms with Crippen LogP contribution in [0.1, 0.15) is 13.3 Å². The summed E-state index contributed by atoms with van der Waals surface area (Å²) in [4.78, 5) is -4.86. The van der Waals surface area contributed by atoms with Crippen molar-refractivity contribution in [2.75, 3.05) is 12.3 Å². The van der Waals surface area contributed by atoms with E-state index in [9.17, 15) is 29.8 Å². The van der Waals surface area contributed by atoms with Crippen LogP contribution < -0.4 is 10.5 Å². The van der Waals surface area contributed by atoms with Crippen molar-refractivity contribution in [3.05, 3.63) is 6.07 Å². The minimum Gasteiger partial charge on any atom is -0.490 e. The first kappa shape index (κ1) is 19.6. The van der Waals surface area contributed by atoms with Gasteiger partial charge in [-0.3, -0.25) is 13.7 Å². The van der Waals surface area contributed by atoms with Gasteiger partial charge >= 0.3 is 0 Å². The lowest BCUT2D eigenvalue weighted by molar-refractivity contribution is 0.306. The van der Waals surface area contributed by atoms with Gasteiger partial charge in [0.25, 0.3) is 30.4 Å². The molecule has 1 rings (SSSR count). The summed E-state index contributed by atoms with van der Waals surface area (Å²) in [5, 5.41) is 0. The van der Waals surface area contributed by atoms with E-state index in [0.29, 0.717) is 12.5 Å². The Bertz CT molecular complexity index is 930. The van der Waals surface area contributed by atoms with Gasteiger partial charge in [-0.2, -0.15) is 25.3 Å². The first-order chi connectivity index (χ1) is 10.2. The maximum absolute atomic E-state index is 11.5. The molecule has 0 saturated heterocycles. The highest BCUT2D eigenvalue weighted by Crippen LogP contribution is 2.40. The van der Waals surface area contributed by atoms with E-state index >= 15 is 0 Å². The molecule has 0 aromatic heterocycles. The van der Waals surface area contributed by atoms with E-state index in [1.807, 2.05) is 0 Å². The maximum atomic E-state index is 11.5. The number of ether oxygens (including phenoxy) is 1. The predicted molar refractivity (Wildman–Crippen MR) is 76.1 cm³/mol. The molecule has 0 aliphatic heterocycles. The van der Waals surface area contributed by atoms with Gasteiger partial charge in [0.05, 0.1) is 12.3 Å². The molecule has 0 unspecified atom stereocenters. The fourth-order valence-electron chi connectivity index (χ4n) is 1.64. The van der Waals surface area contributed by atoms with Crippen LogP contribution in [0, 0.1) is 0 Å². The third-order valence-electron chi connectivity index (χ3n) is 2.43. The number of rotatable bonds is 6. The Morgan fingerprint density at radius 3 is 1.78 bits per heavy atom. The number of anilines is 1. The van der Waals surface area contributed by atoms with Crippen molar-refractivity contribution in [2.24, 2.45) is 0 Å². The Morgan fingerprint density at radius 1 is 0.957 bits per heavy atom. The molecule has 0 atom stereocenters. The molecule has 1 aromatic carbocycles. The Labute approximate surface area is 132 Å². The number of nitrogens with two attached hydrogens (primary N) is 1.